The first-order chi connectivity index (χ1) is 9.35. The molecule has 0 aromatic heterocycles. The lowest BCUT2D eigenvalue weighted by Gasteiger charge is -2.17. The van der Waals surface area contributed by atoms with Gasteiger partial charge in [0, 0.05) is 10.5 Å². The summed E-state index contributed by atoms with van der Waals surface area (Å²) in [5.74, 6) is 0.188. The van der Waals surface area contributed by atoms with Gasteiger partial charge in [0.25, 0.3) is 0 Å². The summed E-state index contributed by atoms with van der Waals surface area (Å²) in [5.41, 5.74) is 0.988. The van der Waals surface area contributed by atoms with E-state index in [1.54, 1.807) is 0 Å². The van der Waals surface area contributed by atoms with Crippen LogP contribution in [-0.2, 0) is 9.84 Å². The zero-order valence-electron chi connectivity index (χ0n) is 11.1. The third-order valence-electron chi connectivity index (χ3n) is 3.29. The second kappa shape index (κ2) is 6.13. The van der Waals surface area contributed by atoms with E-state index in [1.165, 1.54) is 0 Å². The topological polar surface area (TPSA) is 75.3 Å². The van der Waals surface area contributed by atoms with Crippen LogP contribution in [0.2, 0.25) is 0 Å². The number of carbonyl (C=O) groups is 1. The minimum atomic E-state index is -2.97. The zero-order valence-corrected chi connectivity index (χ0v) is 13.5. The van der Waals surface area contributed by atoms with Crippen LogP contribution in [0.4, 0.5) is 4.79 Å². The summed E-state index contributed by atoms with van der Waals surface area (Å²) >= 11 is 3.36. The van der Waals surface area contributed by atoms with E-state index < -0.39 is 9.84 Å². The molecule has 1 heterocycles. The minimum absolute atomic E-state index is 0.0348. The number of halogens is 1. The van der Waals surface area contributed by atoms with Gasteiger partial charge in [0.1, 0.15) is 0 Å². The van der Waals surface area contributed by atoms with Gasteiger partial charge < -0.3 is 10.6 Å². The fourth-order valence-electron chi connectivity index (χ4n) is 2.17. The lowest BCUT2D eigenvalue weighted by atomic mass is 10.1. The molecule has 1 aromatic carbocycles. The smallest absolute Gasteiger partial charge is 0.315 e. The quantitative estimate of drug-likeness (QED) is 0.865. The number of carbonyl (C=O) groups excluding carboxylic acids is 1. The van der Waals surface area contributed by atoms with Crippen molar-refractivity contribution in [3.05, 3.63) is 34.3 Å². The lowest BCUT2D eigenvalue weighted by molar-refractivity contribution is 0.235. The number of amides is 2. The fraction of sp³-hybridized carbons (Fsp3) is 0.462. The van der Waals surface area contributed by atoms with Crippen molar-refractivity contribution >= 4 is 31.8 Å². The molecule has 0 saturated carbocycles. The Morgan fingerprint density at radius 3 is 2.55 bits per heavy atom. The summed E-state index contributed by atoms with van der Waals surface area (Å²) in [5, 5.41) is 5.52. The Kier molecular flexibility index (Phi) is 4.70. The Bertz CT molecular complexity index is 586. The molecule has 7 heteroatoms. The maximum absolute atomic E-state index is 11.8. The Hall–Kier alpha value is -1.08. The van der Waals surface area contributed by atoms with Crippen LogP contribution in [0, 0.1) is 0 Å². The van der Waals surface area contributed by atoms with E-state index in [0.29, 0.717) is 6.42 Å². The van der Waals surface area contributed by atoms with Crippen molar-refractivity contribution in [2.45, 2.75) is 25.4 Å². The van der Waals surface area contributed by atoms with Gasteiger partial charge in [-0.05, 0) is 31.0 Å². The molecular formula is C13H17BrN2O3S. The van der Waals surface area contributed by atoms with Crippen molar-refractivity contribution in [2.75, 3.05) is 11.5 Å². The Labute approximate surface area is 127 Å². The number of sulfone groups is 1. The third-order valence-corrected chi connectivity index (χ3v) is 5.58. The molecule has 20 heavy (non-hydrogen) atoms. The highest BCUT2D eigenvalue weighted by Crippen LogP contribution is 2.16. The second-order valence-corrected chi connectivity index (χ2v) is 8.14. The number of rotatable bonds is 3. The Morgan fingerprint density at radius 1 is 1.35 bits per heavy atom. The van der Waals surface area contributed by atoms with E-state index in [4.69, 9.17) is 0 Å². The molecule has 2 N–H and O–H groups in total. The summed E-state index contributed by atoms with van der Waals surface area (Å²) in [6.07, 6.45) is 0.489. The molecular weight excluding hydrogens is 344 g/mol. The van der Waals surface area contributed by atoms with Gasteiger partial charge in [-0.15, -0.1) is 0 Å². The third kappa shape index (κ3) is 4.21. The molecule has 5 nitrogen and oxygen atoms in total. The predicted octanol–water partition coefficient (Wildman–Crippen LogP) is 2.00. The zero-order chi connectivity index (χ0) is 14.8. The van der Waals surface area contributed by atoms with Crippen LogP contribution in [0.15, 0.2) is 28.7 Å². The molecule has 2 atom stereocenters. The molecule has 1 aromatic rings. The highest BCUT2D eigenvalue weighted by Gasteiger charge is 2.29. The van der Waals surface area contributed by atoms with Crippen LogP contribution in [-0.4, -0.2) is 32.0 Å². The van der Waals surface area contributed by atoms with Crippen molar-refractivity contribution in [3.8, 4) is 0 Å². The first-order valence-electron chi connectivity index (χ1n) is 6.39. The molecule has 0 spiro atoms. The highest BCUT2D eigenvalue weighted by atomic mass is 79.9. The molecule has 0 radical (unpaired) electrons. The van der Waals surface area contributed by atoms with Crippen LogP contribution < -0.4 is 10.6 Å². The summed E-state index contributed by atoms with van der Waals surface area (Å²) in [7, 11) is -2.97. The number of benzene rings is 1. The van der Waals surface area contributed by atoms with Gasteiger partial charge >= 0.3 is 6.03 Å². The van der Waals surface area contributed by atoms with E-state index in [0.717, 1.165) is 10.0 Å². The molecule has 1 saturated heterocycles. The summed E-state index contributed by atoms with van der Waals surface area (Å²) in [4.78, 5) is 11.8. The van der Waals surface area contributed by atoms with Gasteiger partial charge in [0.05, 0.1) is 17.5 Å². The molecule has 0 bridgehead atoms. The van der Waals surface area contributed by atoms with E-state index in [2.05, 4.69) is 26.6 Å². The van der Waals surface area contributed by atoms with Crippen molar-refractivity contribution in [3.63, 3.8) is 0 Å². The number of urea groups is 1. The Balaban J connectivity index is 1.87. The monoisotopic (exact) mass is 360 g/mol. The summed E-state index contributed by atoms with van der Waals surface area (Å²) in [6, 6.07) is 6.93. The SMILES string of the molecule is CC(NC(=O)NC1CCS(=O)(=O)C1)c1ccc(Br)cc1. The molecule has 1 aliphatic rings. The lowest BCUT2D eigenvalue weighted by Crippen LogP contribution is -2.43. The summed E-state index contributed by atoms with van der Waals surface area (Å²) in [6.45, 7) is 1.88. The van der Waals surface area contributed by atoms with Crippen molar-refractivity contribution in [1.29, 1.82) is 0 Å². The van der Waals surface area contributed by atoms with Gasteiger partial charge in [-0.1, -0.05) is 28.1 Å². The number of nitrogens with one attached hydrogen (secondary N) is 2. The van der Waals surface area contributed by atoms with Gasteiger partial charge in [0.2, 0.25) is 0 Å². The molecule has 0 aliphatic carbocycles. The fourth-order valence-corrected chi connectivity index (χ4v) is 4.11. The maximum atomic E-state index is 11.8. The highest BCUT2D eigenvalue weighted by molar-refractivity contribution is 9.10. The second-order valence-electron chi connectivity index (χ2n) is 4.99. The molecule has 2 amide bonds. The van der Waals surface area contributed by atoms with Crippen molar-refractivity contribution in [2.24, 2.45) is 0 Å². The van der Waals surface area contributed by atoms with Crippen molar-refractivity contribution < 1.29 is 13.2 Å². The van der Waals surface area contributed by atoms with E-state index in [-0.39, 0.29) is 29.6 Å². The predicted molar refractivity (Wildman–Crippen MR) is 81.3 cm³/mol. The molecule has 1 aliphatic heterocycles. The van der Waals surface area contributed by atoms with Crippen LogP contribution in [0.5, 0.6) is 0 Å². The number of hydrogen-bond acceptors (Lipinski definition) is 3. The van der Waals surface area contributed by atoms with E-state index >= 15 is 0 Å². The first kappa shape index (κ1) is 15.3. The summed E-state index contributed by atoms with van der Waals surface area (Å²) < 4.78 is 23.6. The maximum Gasteiger partial charge on any atom is 0.315 e. The molecule has 1 fully saturated rings. The largest absolute Gasteiger partial charge is 0.334 e. The van der Waals surface area contributed by atoms with Gasteiger partial charge in [-0.3, -0.25) is 0 Å². The van der Waals surface area contributed by atoms with Crippen LogP contribution in [0.3, 0.4) is 0 Å². The average molecular weight is 361 g/mol. The normalized spacial score (nSPS) is 22.2. The first-order valence-corrected chi connectivity index (χ1v) is 9.00. The van der Waals surface area contributed by atoms with Crippen LogP contribution >= 0.6 is 15.9 Å². The van der Waals surface area contributed by atoms with Gasteiger partial charge in [0.15, 0.2) is 9.84 Å². The van der Waals surface area contributed by atoms with Crippen molar-refractivity contribution in [1.82, 2.24) is 10.6 Å². The molecule has 2 unspecified atom stereocenters. The van der Waals surface area contributed by atoms with Gasteiger partial charge in [-0.25, -0.2) is 13.2 Å². The Morgan fingerprint density at radius 2 is 2.00 bits per heavy atom. The number of hydrogen-bond donors (Lipinski definition) is 2. The average Bonchev–Trinajstić information content (AvgIpc) is 2.69. The van der Waals surface area contributed by atoms with E-state index in [9.17, 15) is 13.2 Å². The van der Waals surface area contributed by atoms with Gasteiger partial charge in [-0.2, -0.15) is 0 Å². The van der Waals surface area contributed by atoms with E-state index in [1.807, 2.05) is 31.2 Å². The minimum Gasteiger partial charge on any atom is -0.334 e. The van der Waals surface area contributed by atoms with Crippen LogP contribution in [0.1, 0.15) is 24.9 Å². The molecule has 2 rings (SSSR count). The van der Waals surface area contributed by atoms with Crippen LogP contribution in [0.25, 0.3) is 0 Å². The standard InChI is InChI=1S/C13H17BrN2O3S/c1-9(10-2-4-11(14)5-3-10)15-13(17)16-12-6-7-20(18,19)8-12/h2-5,9,12H,6-8H2,1H3,(H2,15,16,17). The molecule has 110 valence electrons.